The Morgan fingerprint density at radius 1 is 0.897 bits per heavy atom. The highest BCUT2D eigenvalue weighted by Gasteiger charge is 2.52. The van der Waals surface area contributed by atoms with Gasteiger partial charge in [-0.3, -0.25) is 9.69 Å². The second-order valence-corrected chi connectivity index (χ2v) is 15.5. The Bertz CT molecular complexity index is 791. The van der Waals surface area contributed by atoms with Crippen LogP contribution < -0.4 is 5.32 Å². The maximum atomic E-state index is 13.5. The average molecular weight is 553 g/mol. The van der Waals surface area contributed by atoms with E-state index in [4.69, 9.17) is 4.74 Å². The van der Waals surface area contributed by atoms with Gasteiger partial charge in [0, 0.05) is 12.1 Å². The molecule has 5 aliphatic rings. The summed E-state index contributed by atoms with van der Waals surface area (Å²) >= 11 is 0. The third-order valence-corrected chi connectivity index (χ3v) is 9.87. The van der Waals surface area contributed by atoms with E-state index in [1.54, 1.807) is 4.90 Å². The van der Waals surface area contributed by atoms with Crippen molar-refractivity contribution >= 4 is 5.91 Å². The number of unbranched alkanes of at least 4 members (excludes halogenated alkanes) is 2. The van der Waals surface area contributed by atoms with Crippen LogP contribution in [0.15, 0.2) is 0 Å². The molecule has 5 atom stereocenters. The quantitative estimate of drug-likeness (QED) is 0.236. The summed E-state index contributed by atoms with van der Waals surface area (Å²) in [7, 11) is 0. The summed E-state index contributed by atoms with van der Waals surface area (Å²) in [6.45, 7) is 11.9. The van der Waals surface area contributed by atoms with Crippen molar-refractivity contribution in [1.29, 1.82) is 0 Å². The number of amides is 1. The van der Waals surface area contributed by atoms with Crippen LogP contribution in [0.3, 0.4) is 0 Å². The summed E-state index contributed by atoms with van der Waals surface area (Å²) in [6.07, 6.45) is 7.36. The van der Waals surface area contributed by atoms with E-state index in [1.807, 2.05) is 13.8 Å². The fraction of sp³-hybridized carbons (Fsp3) is 0.968. The number of rotatable bonds is 12. The van der Waals surface area contributed by atoms with E-state index in [0.29, 0.717) is 12.0 Å². The van der Waals surface area contributed by atoms with Gasteiger partial charge in [0.1, 0.15) is 24.4 Å². The van der Waals surface area contributed by atoms with Crippen molar-refractivity contribution in [1.82, 2.24) is 10.2 Å². The van der Waals surface area contributed by atoms with E-state index >= 15 is 0 Å². The van der Waals surface area contributed by atoms with E-state index in [0.717, 1.165) is 56.7 Å². The monoisotopic (exact) mass is 552 g/mol. The van der Waals surface area contributed by atoms with Gasteiger partial charge in [-0.15, -0.1) is 0 Å². The first-order valence-electron chi connectivity index (χ1n) is 15.5. The van der Waals surface area contributed by atoms with Crippen molar-refractivity contribution in [3.05, 3.63) is 0 Å². The smallest absolute Gasteiger partial charge is 0.240 e. The van der Waals surface area contributed by atoms with Gasteiger partial charge in [0.05, 0.1) is 19.3 Å². The SMILES string of the molecule is CC(C)(C)CC(C)(C)NC(=O)[C@@H]1[C@H](O)[C@@H](O)[C@H](O)[C@@H](CO)N1CCCCCOCC12CC3CC(CC(C3)C1)C2. The maximum absolute atomic E-state index is 13.5. The Balaban J connectivity index is 1.27. The molecule has 226 valence electrons. The molecule has 0 radical (unpaired) electrons. The van der Waals surface area contributed by atoms with Gasteiger partial charge in [-0.05, 0) is 113 Å². The second-order valence-electron chi connectivity index (χ2n) is 15.5. The molecule has 4 aliphatic carbocycles. The molecule has 1 aliphatic heterocycles. The van der Waals surface area contributed by atoms with Crippen LogP contribution in [0.1, 0.15) is 98.8 Å². The molecular weight excluding hydrogens is 496 g/mol. The van der Waals surface area contributed by atoms with E-state index in [2.05, 4.69) is 26.1 Å². The first kappa shape index (κ1) is 31.2. The molecule has 0 aromatic rings. The van der Waals surface area contributed by atoms with E-state index in [9.17, 15) is 25.2 Å². The molecule has 0 spiro atoms. The molecule has 39 heavy (non-hydrogen) atoms. The Labute approximate surface area is 235 Å². The number of hydrogen-bond acceptors (Lipinski definition) is 7. The summed E-state index contributed by atoms with van der Waals surface area (Å²) < 4.78 is 6.22. The zero-order valence-corrected chi connectivity index (χ0v) is 25.1. The summed E-state index contributed by atoms with van der Waals surface area (Å²) in [5.41, 5.74) is -0.113. The second kappa shape index (κ2) is 12.2. The van der Waals surface area contributed by atoms with E-state index < -0.39 is 42.5 Å². The minimum absolute atomic E-state index is 0.0112. The van der Waals surface area contributed by atoms with E-state index in [1.165, 1.54) is 38.5 Å². The first-order chi connectivity index (χ1) is 18.2. The predicted octanol–water partition coefficient (Wildman–Crippen LogP) is 2.85. The summed E-state index contributed by atoms with van der Waals surface area (Å²) in [5, 5.41) is 45.1. The van der Waals surface area contributed by atoms with Gasteiger partial charge in [0.15, 0.2) is 0 Å². The first-order valence-corrected chi connectivity index (χ1v) is 15.5. The number of carbonyl (C=O) groups is 1. The fourth-order valence-electron chi connectivity index (χ4n) is 9.25. The number of nitrogens with one attached hydrogen (secondary N) is 1. The van der Waals surface area contributed by atoms with Crippen LogP contribution in [-0.4, -0.2) is 93.5 Å². The lowest BCUT2D eigenvalue weighted by Gasteiger charge is -2.56. The molecule has 5 N–H and O–H groups in total. The van der Waals surface area contributed by atoms with Gasteiger partial charge >= 0.3 is 0 Å². The molecule has 1 heterocycles. The van der Waals surface area contributed by atoms with Crippen molar-refractivity contribution in [2.75, 3.05) is 26.4 Å². The number of nitrogens with zero attached hydrogens (tertiary/aromatic N) is 1. The molecular formula is C31H56N2O6. The highest BCUT2D eigenvalue weighted by molar-refractivity contribution is 5.83. The van der Waals surface area contributed by atoms with Crippen LogP contribution in [0.5, 0.6) is 0 Å². The topological polar surface area (TPSA) is 122 Å². The largest absolute Gasteiger partial charge is 0.395 e. The van der Waals surface area contributed by atoms with Gasteiger partial charge in [-0.2, -0.15) is 0 Å². The number of aliphatic hydroxyl groups excluding tert-OH is 4. The molecule has 4 saturated carbocycles. The zero-order valence-electron chi connectivity index (χ0n) is 25.1. The van der Waals surface area contributed by atoms with Crippen molar-refractivity contribution < 1.29 is 30.0 Å². The number of piperidine rings is 1. The summed E-state index contributed by atoms with van der Waals surface area (Å²) in [6, 6.07) is -1.87. The Morgan fingerprint density at radius 3 is 2.03 bits per heavy atom. The van der Waals surface area contributed by atoms with Crippen molar-refractivity contribution in [3.63, 3.8) is 0 Å². The standard InChI is InChI=1S/C31H56N2O6/c1-29(2,3)18-30(4,5)32-28(38)24-26(36)27(37)25(35)23(17-34)33(24)9-7-6-8-10-39-19-31-14-20-11-21(15-31)13-22(12-20)16-31/h20-27,34-37H,6-19H2,1-5H3,(H,32,38)/t20?,21?,22?,23-,24+,25-,26+,27+,31?/m1/s1. The molecule has 8 heteroatoms. The third kappa shape index (κ3) is 7.55. The highest BCUT2D eigenvalue weighted by Crippen LogP contribution is 2.60. The lowest BCUT2D eigenvalue weighted by Crippen LogP contribution is -2.71. The van der Waals surface area contributed by atoms with Crippen LogP contribution in [0.4, 0.5) is 0 Å². The molecule has 1 amide bonds. The number of hydrogen-bond donors (Lipinski definition) is 5. The Morgan fingerprint density at radius 2 is 1.49 bits per heavy atom. The Hall–Kier alpha value is -0.770. The van der Waals surface area contributed by atoms with Crippen LogP contribution in [0.2, 0.25) is 0 Å². The van der Waals surface area contributed by atoms with Gasteiger partial charge in [-0.1, -0.05) is 20.8 Å². The third-order valence-electron chi connectivity index (χ3n) is 9.87. The number of carbonyl (C=O) groups excluding carboxylic acids is 1. The molecule has 5 rings (SSSR count). The van der Waals surface area contributed by atoms with Gasteiger partial charge < -0.3 is 30.5 Å². The lowest BCUT2D eigenvalue weighted by molar-refractivity contribution is -0.179. The molecule has 0 unspecified atom stereocenters. The van der Waals surface area contributed by atoms with Crippen LogP contribution in [0.25, 0.3) is 0 Å². The van der Waals surface area contributed by atoms with Gasteiger partial charge in [-0.25, -0.2) is 0 Å². The fourth-order valence-corrected chi connectivity index (χ4v) is 9.25. The zero-order chi connectivity index (χ0) is 28.6. The van der Waals surface area contributed by atoms with Crippen LogP contribution in [0, 0.1) is 28.6 Å². The molecule has 0 aromatic heterocycles. The summed E-state index contributed by atoms with van der Waals surface area (Å²) in [4.78, 5) is 15.2. The minimum atomic E-state index is -1.50. The molecule has 5 fully saturated rings. The number of ether oxygens (including phenoxy) is 1. The number of likely N-dealkylation sites (tertiary alicyclic amines) is 1. The molecule has 1 saturated heterocycles. The molecule has 0 aromatic carbocycles. The molecule has 8 nitrogen and oxygen atoms in total. The predicted molar refractivity (Wildman–Crippen MR) is 151 cm³/mol. The maximum Gasteiger partial charge on any atom is 0.240 e. The van der Waals surface area contributed by atoms with Gasteiger partial charge in [0.2, 0.25) is 5.91 Å². The van der Waals surface area contributed by atoms with Crippen molar-refractivity contribution in [3.8, 4) is 0 Å². The summed E-state index contributed by atoms with van der Waals surface area (Å²) in [5.74, 6) is 2.40. The van der Waals surface area contributed by atoms with Gasteiger partial charge in [0.25, 0.3) is 0 Å². The normalized spacial score (nSPS) is 38.8. The number of aliphatic hydroxyl groups is 4. The Kier molecular flexibility index (Phi) is 9.77. The van der Waals surface area contributed by atoms with Crippen LogP contribution in [-0.2, 0) is 9.53 Å². The van der Waals surface area contributed by atoms with Crippen molar-refractivity contribution in [2.45, 2.75) is 135 Å². The highest BCUT2D eigenvalue weighted by atomic mass is 16.5. The van der Waals surface area contributed by atoms with E-state index in [-0.39, 0.29) is 11.3 Å². The van der Waals surface area contributed by atoms with Crippen LogP contribution >= 0.6 is 0 Å². The minimum Gasteiger partial charge on any atom is -0.395 e. The molecule has 4 bridgehead atoms. The lowest BCUT2D eigenvalue weighted by atomic mass is 9.50. The average Bonchev–Trinajstić information content (AvgIpc) is 2.79. The van der Waals surface area contributed by atoms with Crippen molar-refractivity contribution in [2.24, 2.45) is 28.6 Å².